The molecule has 0 saturated heterocycles. The predicted octanol–water partition coefficient (Wildman–Crippen LogP) is 1.31. The van der Waals surface area contributed by atoms with Gasteiger partial charge in [0.05, 0.1) is 6.20 Å². The normalized spacial score (nSPS) is 10.2. The second-order valence-electron chi connectivity index (χ2n) is 2.59. The smallest absolute Gasteiger partial charge is 0.115 e. The SMILES string of the molecule is Nn1cc(-c2ccc(Cl)cc2)nn1. The lowest BCUT2D eigenvalue weighted by Gasteiger charge is -1.93. The van der Waals surface area contributed by atoms with Gasteiger partial charge in [0.25, 0.3) is 0 Å². The van der Waals surface area contributed by atoms with E-state index in [1.54, 1.807) is 18.3 Å². The van der Waals surface area contributed by atoms with Gasteiger partial charge in [0, 0.05) is 10.6 Å². The maximum atomic E-state index is 5.74. The van der Waals surface area contributed by atoms with E-state index in [-0.39, 0.29) is 0 Å². The molecule has 1 aromatic carbocycles. The molecular formula is C8H7ClN4. The Morgan fingerprint density at radius 2 is 1.92 bits per heavy atom. The highest BCUT2D eigenvalue weighted by Gasteiger charge is 2.01. The van der Waals surface area contributed by atoms with E-state index in [9.17, 15) is 0 Å². The van der Waals surface area contributed by atoms with Crippen LogP contribution in [0.4, 0.5) is 0 Å². The molecule has 0 radical (unpaired) electrons. The second kappa shape index (κ2) is 3.06. The van der Waals surface area contributed by atoms with E-state index in [1.807, 2.05) is 12.1 Å². The third kappa shape index (κ3) is 1.62. The van der Waals surface area contributed by atoms with Crippen LogP contribution in [0.15, 0.2) is 30.5 Å². The zero-order valence-corrected chi connectivity index (χ0v) is 7.44. The number of nitrogens with zero attached hydrogens (tertiary/aromatic N) is 3. The highest BCUT2D eigenvalue weighted by atomic mass is 35.5. The molecule has 1 heterocycles. The Balaban J connectivity index is 2.41. The van der Waals surface area contributed by atoms with Gasteiger partial charge in [0.1, 0.15) is 5.69 Å². The van der Waals surface area contributed by atoms with Crippen LogP contribution in [0.2, 0.25) is 5.02 Å². The Morgan fingerprint density at radius 3 is 2.46 bits per heavy atom. The Bertz CT molecular complexity index is 406. The van der Waals surface area contributed by atoms with Crippen molar-refractivity contribution in [3.05, 3.63) is 35.5 Å². The molecule has 0 aliphatic carbocycles. The molecule has 4 nitrogen and oxygen atoms in total. The molecule has 0 saturated carbocycles. The zero-order valence-electron chi connectivity index (χ0n) is 6.68. The summed E-state index contributed by atoms with van der Waals surface area (Å²) in [5, 5.41) is 8.19. The summed E-state index contributed by atoms with van der Waals surface area (Å²) in [6.45, 7) is 0. The highest BCUT2D eigenvalue weighted by molar-refractivity contribution is 6.30. The van der Waals surface area contributed by atoms with Crippen LogP contribution in [0, 0.1) is 0 Å². The Hall–Kier alpha value is -1.55. The van der Waals surface area contributed by atoms with Crippen molar-refractivity contribution < 1.29 is 0 Å². The summed E-state index contributed by atoms with van der Waals surface area (Å²) in [4.78, 5) is 1.17. The predicted molar refractivity (Wildman–Crippen MR) is 50.6 cm³/mol. The molecule has 1 aromatic heterocycles. The fraction of sp³-hybridized carbons (Fsp3) is 0. The standard InChI is InChI=1S/C8H7ClN4/c9-7-3-1-6(2-4-7)8-5-13(10)12-11-8/h1-5H,10H2. The van der Waals surface area contributed by atoms with Crippen LogP contribution < -0.4 is 5.84 Å². The van der Waals surface area contributed by atoms with Gasteiger partial charge >= 0.3 is 0 Å². The van der Waals surface area contributed by atoms with E-state index in [4.69, 9.17) is 17.4 Å². The molecule has 0 atom stereocenters. The number of nitrogens with two attached hydrogens (primary N) is 1. The molecular weight excluding hydrogens is 188 g/mol. The van der Waals surface area contributed by atoms with Gasteiger partial charge in [0.15, 0.2) is 0 Å². The molecule has 0 amide bonds. The molecule has 0 unspecified atom stereocenters. The summed E-state index contributed by atoms with van der Waals surface area (Å²) in [6, 6.07) is 7.33. The van der Waals surface area contributed by atoms with Gasteiger partial charge in [-0.1, -0.05) is 23.7 Å². The van der Waals surface area contributed by atoms with E-state index < -0.39 is 0 Å². The highest BCUT2D eigenvalue weighted by Crippen LogP contribution is 2.18. The largest absolute Gasteiger partial charge is 0.322 e. The molecule has 0 fully saturated rings. The maximum absolute atomic E-state index is 5.74. The van der Waals surface area contributed by atoms with Crippen LogP contribution in [0.3, 0.4) is 0 Å². The van der Waals surface area contributed by atoms with Crippen LogP contribution in [0.25, 0.3) is 11.3 Å². The summed E-state index contributed by atoms with van der Waals surface area (Å²) in [5.41, 5.74) is 1.68. The fourth-order valence-corrected chi connectivity index (χ4v) is 1.16. The monoisotopic (exact) mass is 194 g/mol. The number of nitrogen functional groups attached to an aromatic ring is 1. The van der Waals surface area contributed by atoms with Crippen molar-refractivity contribution in [2.45, 2.75) is 0 Å². The fourth-order valence-electron chi connectivity index (χ4n) is 1.03. The van der Waals surface area contributed by atoms with E-state index in [2.05, 4.69) is 10.3 Å². The topological polar surface area (TPSA) is 56.7 Å². The molecule has 66 valence electrons. The number of hydrogen-bond donors (Lipinski definition) is 1. The minimum atomic E-state index is 0.698. The Labute approximate surface area is 79.9 Å². The van der Waals surface area contributed by atoms with Gasteiger partial charge in [-0.15, -0.1) is 5.10 Å². The van der Waals surface area contributed by atoms with Crippen LogP contribution in [-0.2, 0) is 0 Å². The van der Waals surface area contributed by atoms with Crippen molar-refractivity contribution >= 4 is 11.6 Å². The quantitative estimate of drug-likeness (QED) is 0.697. The van der Waals surface area contributed by atoms with Crippen molar-refractivity contribution in [2.24, 2.45) is 0 Å². The average Bonchev–Trinajstić information content (AvgIpc) is 2.53. The summed E-state index contributed by atoms with van der Waals surface area (Å²) < 4.78 is 0. The summed E-state index contributed by atoms with van der Waals surface area (Å²) in [6.07, 6.45) is 1.64. The van der Waals surface area contributed by atoms with Gasteiger partial charge in [-0.05, 0) is 17.3 Å². The van der Waals surface area contributed by atoms with Crippen molar-refractivity contribution in [3.8, 4) is 11.3 Å². The summed E-state index contributed by atoms with van der Waals surface area (Å²) in [5.74, 6) is 5.36. The molecule has 2 N–H and O–H groups in total. The van der Waals surface area contributed by atoms with E-state index >= 15 is 0 Å². The van der Waals surface area contributed by atoms with Gasteiger partial charge in [-0.2, -0.15) is 4.79 Å². The van der Waals surface area contributed by atoms with E-state index in [1.165, 1.54) is 4.79 Å². The number of rotatable bonds is 1. The first-order chi connectivity index (χ1) is 6.25. The first kappa shape index (κ1) is 8.07. The second-order valence-corrected chi connectivity index (χ2v) is 3.03. The third-order valence-corrected chi connectivity index (χ3v) is 1.90. The molecule has 0 aliphatic heterocycles. The number of hydrogen-bond acceptors (Lipinski definition) is 3. The van der Waals surface area contributed by atoms with Crippen molar-refractivity contribution in [1.29, 1.82) is 0 Å². The first-order valence-corrected chi connectivity index (χ1v) is 4.07. The number of benzene rings is 1. The van der Waals surface area contributed by atoms with Crippen LogP contribution in [0.1, 0.15) is 0 Å². The lowest BCUT2D eigenvalue weighted by molar-refractivity contribution is 0.766. The molecule has 2 aromatic rings. The molecule has 0 spiro atoms. The Kier molecular flexibility index (Phi) is 1.90. The van der Waals surface area contributed by atoms with Gasteiger partial charge < -0.3 is 5.84 Å². The van der Waals surface area contributed by atoms with E-state index in [0.29, 0.717) is 5.02 Å². The maximum Gasteiger partial charge on any atom is 0.115 e. The number of aromatic nitrogens is 3. The molecule has 0 bridgehead atoms. The average molecular weight is 195 g/mol. The van der Waals surface area contributed by atoms with Crippen LogP contribution >= 0.6 is 11.6 Å². The van der Waals surface area contributed by atoms with Crippen molar-refractivity contribution in [1.82, 2.24) is 15.1 Å². The minimum Gasteiger partial charge on any atom is -0.322 e. The van der Waals surface area contributed by atoms with Crippen LogP contribution in [-0.4, -0.2) is 15.1 Å². The Morgan fingerprint density at radius 1 is 1.23 bits per heavy atom. The zero-order chi connectivity index (χ0) is 9.26. The van der Waals surface area contributed by atoms with Crippen molar-refractivity contribution in [2.75, 3.05) is 5.84 Å². The lowest BCUT2D eigenvalue weighted by Crippen LogP contribution is -2.07. The lowest BCUT2D eigenvalue weighted by atomic mass is 10.2. The van der Waals surface area contributed by atoms with Gasteiger partial charge in [-0.25, -0.2) is 0 Å². The van der Waals surface area contributed by atoms with Crippen LogP contribution in [0.5, 0.6) is 0 Å². The van der Waals surface area contributed by atoms with Gasteiger partial charge in [0.2, 0.25) is 0 Å². The summed E-state index contributed by atoms with van der Waals surface area (Å²) in [7, 11) is 0. The molecule has 2 rings (SSSR count). The molecule has 5 heteroatoms. The van der Waals surface area contributed by atoms with Crippen molar-refractivity contribution in [3.63, 3.8) is 0 Å². The molecule has 0 aliphatic rings. The summed E-state index contributed by atoms with van der Waals surface area (Å²) >= 11 is 5.74. The molecule has 13 heavy (non-hydrogen) atoms. The minimum absolute atomic E-state index is 0.698. The van der Waals surface area contributed by atoms with E-state index in [0.717, 1.165) is 11.3 Å². The third-order valence-electron chi connectivity index (χ3n) is 1.65. The number of halogens is 1. The first-order valence-electron chi connectivity index (χ1n) is 3.69. The van der Waals surface area contributed by atoms with Gasteiger partial charge in [-0.3, -0.25) is 0 Å².